The molecule has 88 valence electrons. The van der Waals surface area contributed by atoms with Crippen molar-refractivity contribution in [3.8, 4) is 0 Å². The van der Waals surface area contributed by atoms with E-state index in [0.29, 0.717) is 0 Å². The normalized spacial score (nSPS) is 11.8. The molecular formula is C8H18NNaO4Si2. The third-order valence-electron chi connectivity index (χ3n) is 2.00. The molecule has 0 fully saturated rings. The van der Waals surface area contributed by atoms with Gasteiger partial charge in [0.15, 0.2) is 0 Å². The molecule has 0 rings (SSSR count). The predicted molar refractivity (Wildman–Crippen MR) is 63.3 cm³/mol. The molecule has 0 bridgehead atoms. The van der Waals surface area contributed by atoms with Crippen LogP contribution in [0.1, 0.15) is 0 Å². The van der Waals surface area contributed by atoms with Crippen molar-refractivity contribution in [1.82, 2.24) is 0 Å². The van der Waals surface area contributed by atoms with Gasteiger partial charge in [-0.2, -0.15) is 0 Å². The van der Waals surface area contributed by atoms with E-state index in [0.717, 1.165) is 0 Å². The van der Waals surface area contributed by atoms with E-state index < -0.39 is 17.4 Å². The van der Waals surface area contributed by atoms with Crippen molar-refractivity contribution in [2.45, 2.75) is 0 Å². The molecule has 0 spiro atoms. The quantitative estimate of drug-likeness (QED) is 0.493. The van der Waals surface area contributed by atoms with Gasteiger partial charge in [-0.3, -0.25) is 0 Å². The van der Waals surface area contributed by atoms with E-state index in [-0.39, 0.29) is 29.6 Å². The molecule has 0 amide bonds. The van der Waals surface area contributed by atoms with Crippen LogP contribution in [0.15, 0.2) is 24.6 Å². The zero-order valence-electron chi connectivity index (χ0n) is 10.6. The summed E-state index contributed by atoms with van der Waals surface area (Å²) in [7, 11) is 0.516. The zero-order valence-corrected chi connectivity index (χ0v) is 14.6. The summed E-state index contributed by atoms with van der Waals surface area (Å²) in [6.07, 6.45) is 0. The maximum Gasteiger partial charge on any atom is 1.00 e. The Hall–Kier alpha value is 0.714. The van der Waals surface area contributed by atoms with Crippen molar-refractivity contribution in [3.05, 3.63) is 29.2 Å². The second-order valence-electron chi connectivity index (χ2n) is 2.60. The number of nitrogens with zero attached hydrogens (tertiary/aromatic N) is 1. The molecule has 0 aromatic rings. The Bertz CT molecular complexity index is 200. The Morgan fingerprint density at radius 1 is 0.812 bits per heavy atom. The Kier molecular flexibility index (Phi) is 10.4. The van der Waals surface area contributed by atoms with Crippen LogP contribution in [0.2, 0.25) is 0 Å². The molecule has 0 saturated carbocycles. The first kappa shape index (κ1) is 19.1. The van der Waals surface area contributed by atoms with Crippen molar-refractivity contribution in [2.75, 3.05) is 28.4 Å². The monoisotopic (exact) mass is 271 g/mol. The minimum Gasteiger partial charge on any atom is -0.567 e. The van der Waals surface area contributed by atoms with Crippen LogP contribution < -0.4 is 29.6 Å². The van der Waals surface area contributed by atoms with Gasteiger partial charge in [0.05, 0.1) is 0 Å². The molecule has 0 heterocycles. The Labute approximate surface area is 122 Å². The van der Waals surface area contributed by atoms with Crippen LogP contribution in [0.4, 0.5) is 0 Å². The first-order chi connectivity index (χ1) is 7.07. The minimum absolute atomic E-state index is 0. The molecule has 0 radical (unpaired) electrons. The van der Waals surface area contributed by atoms with Crippen LogP contribution in [0.3, 0.4) is 0 Å². The van der Waals surface area contributed by atoms with Gasteiger partial charge in [-0.15, -0.1) is 13.2 Å². The van der Waals surface area contributed by atoms with Crippen molar-refractivity contribution in [3.63, 3.8) is 0 Å². The van der Waals surface area contributed by atoms with E-state index >= 15 is 0 Å². The summed E-state index contributed by atoms with van der Waals surface area (Å²) in [5, 5.41) is 0. The fraction of sp³-hybridized carbons (Fsp3) is 0.500. The maximum absolute atomic E-state index is 5.26. The van der Waals surface area contributed by atoms with E-state index in [4.69, 9.17) is 17.7 Å². The fourth-order valence-electron chi connectivity index (χ4n) is 0.991. The van der Waals surface area contributed by atoms with Gasteiger partial charge in [-0.05, 0) is 0 Å². The van der Waals surface area contributed by atoms with Gasteiger partial charge >= 0.3 is 29.6 Å². The Morgan fingerprint density at radius 2 is 1.06 bits per heavy atom. The van der Waals surface area contributed by atoms with Crippen LogP contribution in [0.5, 0.6) is 0 Å². The number of hydrogen-bond acceptors (Lipinski definition) is 4. The number of rotatable bonds is 8. The van der Waals surface area contributed by atoms with Gasteiger partial charge in [0.1, 0.15) is 0 Å². The van der Waals surface area contributed by atoms with Crippen LogP contribution in [-0.4, -0.2) is 45.9 Å². The first-order valence-corrected chi connectivity index (χ1v) is 7.97. The van der Waals surface area contributed by atoms with Crippen molar-refractivity contribution in [1.29, 1.82) is 0 Å². The second kappa shape index (κ2) is 8.75. The van der Waals surface area contributed by atoms with E-state index in [2.05, 4.69) is 17.8 Å². The molecular weight excluding hydrogens is 253 g/mol. The molecule has 16 heavy (non-hydrogen) atoms. The third kappa shape index (κ3) is 4.53. The van der Waals surface area contributed by atoms with Gasteiger partial charge in [-0.1, -0.05) is 11.4 Å². The first-order valence-electron chi connectivity index (χ1n) is 4.29. The SMILES string of the molecule is C=C[Si]([N-][Si](C=C)(OC)OC)(OC)OC.[Na+]. The average molecular weight is 271 g/mol. The Balaban J connectivity index is 0. The summed E-state index contributed by atoms with van der Waals surface area (Å²) in [5.74, 6) is 0. The van der Waals surface area contributed by atoms with E-state index in [9.17, 15) is 0 Å². The molecule has 0 saturated heterocycles. The summed E-state index contributed by atoms with van der Waals surface area (Å²) < 4.78 is 25.4. The molecule has 8 heteroatoms. The molecule has 0 aliphatic carbocycles. The molecule has 0 atom stereocenters. The van der Waals surface area contributed by atoms with Gasteiger partial charge in [0, 0.05) is 28.4 Å². The summed E-state index contributed by atoms with van der Waals surface area (Å²) in [6, 6.07) is 0. The summed E-state index contributed by atoms with van der Waals surface area (Å²) >= 11 is 0. The second-order valence-corrected chi connectivity index (χ2v) is 8.46. The van der Waals surface area contributed by atoms with Gasteiger partial charge in [-0.25, -0.2) is 0 Å². The predicted octanol–water partition coefficient (Wildman–Crippen LogP) is -1.72. The zero-order chi connectivity index (χ0) is 11.9. The van der Waals surface area contributed by atoms with Crippen LogP contribution in [-0.2, 0) is 17.7 Å². The van der Waals surface area contributed by atoms with Gasteiger partial charge in [0.2, 0.25) is 0 Å². The Morgan fingerprint density at radius 3 is 1.19 bits per heavy atom. The molecule has 0 unspecified atom stereocenters. The van der Waals surface area contributed by atoms with Crippen LogP contribution in [0.25, 0.3) is 4.65 Å². The van der Waals surface area contributed by atoms with E-state index in [1.807, 2.05) is 0 Å². The standard InChI is InChI=1S/C8H18NO4Si2.Na/c1-7-14(10-3,11-4)9-15(8-2,12-5)13-6;/h7-8H,1-2H2,3-6H3;/q-1;+1. The summed E-state index contributed by atoms with van der Waals surface area (Å²) in [6.45, 7) is 7.31. The molecule has 0 aromatic carbocycles. The van der Waals surface area contributed by atoms with Crippen molar-refractivity contribution >= 4 is 17.4 Å². The van der Waals surface area contributed by atoms with Crippen molar-refractivity contribution < 1.29 is 47.3 Å². The maximum atomic E-state index is 5.26. The molecule has 0 N–H and O–H groups in total. The third-order valence-corrected chi connectivity index (χ3v) is 7.86. The minimum atomic E-state index is -2.79. The smallest absolute Gasteiger partial charge is 0.567 e. The molecule has 0 aromatic heterocycles. The van der Waals surface area contributed by atoms with Crippen LogP contribution >= 0.6 is 0 Å². The molecule has 5 nitrogen and oxygen atoms in total. The molecule has 0 aliphatic heterocycles. The van der Waals surface area contributed by atoms with Crippen LogP contribution in [0, 0.1) is 0 Å². The van der Waals surface area contributed by atoms with E-state index in [1.54, 1.807) is 11.4 Å². The van der Waals surface area contributed by atoms with Gasteiger partial charge < -0.3 is 22.4 Å². The fourth-order valence-corrected chi connectivity index (χ4v) is 5.92. The summed E-state index contributed by atoms with van der Waals surface area (Å²) in [5.41, 5.74) is 3.13. The van der Waals surface area contributed by atoms with E-state index in [1.165, 1.54) is 28.4 Å². The number of hydrogen-bond donors (Lipinski definition) is 0. The molecule has 0 aliphatic rings. The summed E-state index contributed by atoms with van der Waals surface area (Å²) in [4.78, 5) is 0. The largest absolute Gasteiger partial charge is 1.00 e. The van der Waals surface area contributed by atoms with Gasteiger partial charge in [0.25, 0.3) is 17.4 Å². The van der Waals surface area contributed by atoms with Crippen molar-refractivity contribution in [2.24, 2.45) is 0 Å². The average Bonchev–Trinajstić information content (AvgIpc) is 2.33. The topological polar surface area (TPSA) is 51.0 Å².